The van der Waals surface area contributed by atoms with Gasteiger partial charge in [0.1, 0.15) is 6.04 Å². The third-order valence-electron chi connectivity index (χ3n) is 3.92. The first-order valence-electron chi connectivity index (χ1n) is 7.28. The van der Waals surface area contributed by atoms with E-state index in [2.05, 4.69) is 5.32 Å². The molecule has 1 aliphatic rings. The molecule has 110 valence electrons. The molecule has 1 unspecified atom stereocenters. The van der Waals surface area contributed by atoms with Crippen molar-refractivity contribution < 1.29 is 14.6 Å². The predicted octanol–water partition coefficient (Wildman–Crippen LogP) is 2.88. The van der Waals surface area contributed by atoms with E-state index in [1.54, 1.807) is 7.11 Å². The van der Waals surface area contributed by atoms with E-state index in [1.165, 1.54) is 19.3 Å². The quantitative estimate of drug-likeness (QED) is 0.839. The number of methoxy groups -OCH3 is 1. The molecule has 0 radical (unpaired) electrons. The molecule has 1 saturated carbocycles. The van der Waals surface area contributed by atoms with Crippen LogP contribution in [0.1, 0.15) is 49.3 Å². The van der Waals surface area contributed by atoms with E-state index < -0.39 is 12.0 Å². The highest BCUT2D eigenvalue weighted by molar-refractivity contribution is 5.76. The van der Waals surface area contributed by atoms with Gasteiger partial charge in [0.05, 0.1) is 6.61 Å². The van der Waals surface area contributed by atoms with Crippen molar-refractivity contribution in [1.29, 1.82) is 0 Å². The van der Waals surface area contributed by atoms with E-state index in [9.17, 15) is 9.90 Å². The lowest BCUT2D eigenvalue weighted by Crippen LogP contribution is -2.38. The Bertz CT molecular complexity index is 441. The molecular weight excluding hydrogens is 254 g/mol. The number of carboxylic acids is 1. The lowest BCUT2D eigenvalue weighted by molar-refractivity contribution is -0.140. The standard InChI is InChI=1S/C16H23NO3/c1-20-11-12-7-5-6-10-14(12)15(16(18)19)17-13-8-3-2-4-9-13/h5-7,10,13,15,17H,2-4,8-9,11H2,1H3,(H,18,19). The van der Waals surface area contributed by atoms with Gasteiger partial charge in [0.15, 0.2) is 0 Å². The van der Waals surface area contributed by atoms with Gasteiger partial charge in [-0.15, -0.1) is 0 Å². The summed E-state index contributed by atoms with van der Waals surface area (Å²) in [6, 6.07) is 7.26. The van der Waals surface area contributed by atoms with Crippen LogP contribution in [0.3, 0.4) is 0 Å². The zero-order valence-electron chi connectivity index (χ0n) is 12.0. The van der Waals surface area contributed by atoms with Crippen LogP contribution in [0.25, 0.3) is 0 Å². The molecule has 1 fully saturated rings. The smallest absolute Gasteiger partial charge is 0.325 e. The summed E-state index contributed by atoms with van der Waals surface area (Å²) in [4.78, 5) is 11.6. The van der Waals surface area contributed by atoms with Gasteiger partial charge in [0.2, 0.25) is 0 Å². The third kappa shape index (κ3) is 3.81. The number of carbonyl (C=O) groups is 1. The SMILES string of the molecule is COCc1ccccc1C(NC1CCCCC1)C(=O)O. The summed E-state index contributed by atoms with van der Waals surface area (Å²) in [5.41, 5.74) is 1.75. The Labute approximate surface area is 120 Å². The number of benzene rings is 1. The minimum Gasteiger partial charge on any atom is -0.480 e. The minimum absolute atomic E-state index is 0.306. The molecule has 1 aromatic carbocycles. The van der Waals surface area contributed by atoms with Gasteiger partial charge in [-0.25, -0.2) is 0 Å². The molecule has 0 aliphatic heterocycles. The molecule has 4 nitrogen and oxygen atoms in total. The normalized spacial score (nSPS) is 17.9. The summed E-state index contributed by atoms with van der Waals surface area (Å²) in [6.07, 6.45) is 5.76. The first-order chi connectivity index (χ1) is 9.72. The number of aliphatic carboxylic acids is 1. The highest BCUT2D eigenvalue weighted by atomic mass is 16.5. The minimum atomic E-state index is -0.820. The fourth-order valence-electron chi connectivity index (χ4n) is 2.90. The second kappa shape index (κ2) is 7.41. The summed E-state index contributed by atoms with van der Waals surface area (Å²) in [6.45, 7) is 0.437. The summed E-state index contributed by atoms with van der Waals surface area (Å²) < 4.78 is 5.17. The van der Waals surface area contributed by atoms with Crippen LogP contribution < -0.4 is 5.32 Å². The summed E-state index contributed by atoms with van der Waals surface area (Å²) in [7, 11) is 1.63. The van der Waals surface area contributed by atoms with Crippen LogP contribution in [0.5, 0.6) is 0 Å². The van der Waals surface area contributed by atoms with Gasteiger partial charge < -0.3 is 9.84 Å². The average molecular weight is 277 g/mol. The summed E-state index contributed by atoms with van der Waals surface area (Å²) in [5, 5.41) is 12.9. The highest BCUT2D eigenvalue weighted by Gasteiger charge is 2.26. The van der Waals surface area contributed by atoms with Gasteiger partial charge in [-0.1, -0.05) is 43.5 Å². The molecule has 0 bridgehead atoms. The maximum atomic E-state index is 11.6. The lowest BCUT2D eigenvalue weighted by atomic mass is 9.93. The van der Waals surface area contributed by atoms with Crippen molar-refractivity contribution in [1.82, 2.24) is 5.32 Å². The Morgan fingerprint density at radius 1 is 1.35 bits per heavy atom. The Morgan fingerprint density at radius 3 is 2.70 bits per heavy atom. The number of rotatable bonds is 6. The molecule has 2 N–H and O–H groups in total. The van der Waals surface area contributed by atoms with Crippen molar-refractivity contribution >= 4 is 5.97 Å². The number of ether oxygens (including phenoxy) is 1. The molecule has 0 heterocycles. The molecule has 4 heteroatoms. The number of hydrogen-bond donors (Lipinski definition) is 2. The van der Waals surface area contributed by atoms with Crippen LogP contribution in [0, 0.1) is 0 Å². The van der Waals surface area contributed by atoms with Crippen LogP contribution in [-0.4, -0.2) is 24.2 Å². The Morgan fingerprint density at radius 2 is 2.05 bits per heavy atom. The van der Waals surface area contributed by atoms with Crippen LogP contribution in [0.15, 0.2) is 24.3 Å². The van der Waals surface area contributed by atoms with Gasteiger partial charge in [-0.05, 0) is 24.0 Å². The van der Waals surface area contributed by atoms with E-state index in [4.69, 9.17) is 4.74 Å². The third-order valence-corrected chi connectivity index (χ3v) is 3.92. The molecule has 1 aliphatic carbocycles. The van der Waals surface area contributed by atoms with Gasteiger partial charge in [0.25, 0.3) is 0 Å². The van der Waals surface area contributed by atoms with Gasteiger partial charge in [0, 0.05) is 13.2 Å². The molecular formula is C16H23NO3. The highest BCUT2D eigenvalue weighted by Crippen LogP contribution is 2.24. The Kier molecular flexibility index (Phi) is 5.56. The fraction of sp³-hybridized carbons (Fsp3) is 0.562. The van der Waals surface area contributed by atoms with E-state index in [0.717, 1.165) is 24.0 Å². The van der Waals surface area contributed by atoms with Crippen LogP contribution in [0.4, 0.5) is 0 Å². The Balaban J connectivity index is 2.17. The van der Waals surface area contributed by atoms with Crippen molar-refractivity contribution in [3.63, 3.8) is 0 Å². The summed E-state index contributed by atoms with van der Waals surface area (Å²) >= 11 is 0. The van der Waals surface area contributed by atoms with Crippen molar-refractivity contribution in [3.05, 3.63) is 35.4 Å². The molecule has 0 spiro atoms. The van der Waals surface area contributed by atoms with Crippen LogP contribution in [-0.2, 0) is 16.1 Å². The van der Waals surface area contributed by atoms with Gasteiger partial charge in [-0.2, -0.15) is 0 Å². The van der Waals surface area contributed by atoms with Crippen LogP contribution >= 0.6 is 0 Å². The molecule has 0 aromatic heterocycles. The van der Waals surface area contributed by atoms with E-state index >= 15 is 0 Å². The topological polar surface area (TPSA) is 58.6 Å². The van der Waals surface area contributed by atoms with Crippen molar-refractivity contribution in [3.8, 4) is 0 Å². The van der Waals surface area contributed by atoms with Gasteiger partial charge in [-0.3, -0.25) is 10.1 Å². The lowest BCUT2D eigenvalue weighted by Gasteiger charge is -2.27. The molecule has 20 heavy (non-hydrogen) atoms. The second-order valence-corrected chi connectivity index (χ2v) is 5.40. The summed E-state index contributed by atoms with van der Waals surface area (Å²) in [5.74, 6) is -0.820. The maximum Gasteiger partial charge on any atom is 0.325 e. The zero-order valence-corrected chi connectivity index (χ0v) is 12.0. The van der Waals surface area contributed by atoms with Crippen LogP contribution in [0.2, 0.25) is 0 Å². The number of carboxylic acid groups (broad SMARTS) is 1. The number of nitrogens with one attached hydrogen (secondary N) is 1. The van der Waals surface area contributed by atoms with Crippen molar-refractivity contribution in [2.45, 2.75) is 50.8 Å². The zero-order chi connectivity index (χ0) is 14.4. The molecule has 0 saturated heterocycles. The molecule has 1 aromatic rings. The fourth-order valence-corrected chi connectivity index (χ4v) is 2.90. The predicted molar refractivity (Wildman–Crippen MR) is 77.5 cm³/mol. The monoisotopic (exact) mass is 277 g/mol. The Hall–Kier alpha value is -1.39. The number of hydrogen-bond acceptors (Lipinski definition) is 3. The molecule has 0 amide bonds. The largest absolute Gasteiger partial charge is 0.480 e. The van der Waals surface area contributed by atoms with E-state index in [-0.39, 0.29) is 0 Å². The van der Waals surface area contributed by atoms with Crippen molar-refractivity contribution in [2.24, 2.45) is 0 Å². The first kappa shape index (κ1) is 15.0. The van der Waals surface area contributed by atoms with Crippen molar-refractivity contribution in [2.75, 3.05) is 7.11 Å². The van der Waals surface area contributed by atoms with E-state index in [1.807, 2.05) is 24.3 Å². The molecule has 2 rings (SSSR count). The molecule has 1 atom stereocenters. The second-order valence-electron chi connectivity index (χ2n) is 5.40. The maximum absolute atomic E-state index is 11.6. The van der Waals surface area contributed by atoms with E-state index in [0.29, 0.717) is 12.6 Å². The first-order valence-corrected chi connectivity index (χ1v) is 7.28. The van der Waals surface area contributed by atoms with Gasteiger partial charge >= 0.3 is 5.97 Å². The average Bonchev–Trinajstić information content (AvgIpc) is 2.47.